The fraction of sp³-hybridized carbons (Fsp3) is 0.500. The molecule has 0 radical (unpaired) electrons. The van der Waals surface area contributed by atoms with Gasteiger partial charge in [0.05, 0.1) is 0 Å². The van der Waals surface area contributed by atoms with Crippen LogP contribution in [0.4, 0.5) is 5.82 Å². The minimum absolute atomic E-state index is 0.185. The number of anilines is 1. The number of nitrogens with zero attached hydrogens (tertiary/aromatic N) is 1. The molecule has 0 aliphatic heterocycles. The second-order valence-corrected chi connectivity index (χ2v) is 4.45. The maximum Gasteiger partial charge on any atom is 0.339 e. The van der Waals surface area contributed by atoms with Crippen LogP contribution >= 0.6 is 0 Å². The first kappa shape index (κ1) is 10.9. The molecule has 1 aliphatic carbocycles. The molecule has 1 heterocycles. The van der Waals surface area contributed by atoms with Crippen LogP contribution in [0.1, 0.15) is 41.9 Å². The molecule has 1 aliphatic rings. The Morgan fingerprint density at radius 2 is 2.25 bits per heavy atom. The summed E-state index contributed by atoms with van der Waals surface area (Å²) in [5, 5.41) is 12.2. The molecule has 0 saturated carbocycles. The molecule has 0 unspecified atom stereocenters. The SMILES string of the molecule is CC(C)Nc1nc2c(cc1C(=O)O)CCC2. The maximum absolute atomic E-state index is 11.1. The smallest absolute Gasteiger partial charge is 0.339 e. The van der Waals surface area contributed by atoms with Gasteiger partial charge in [0, 0.05) is 11.7 Å². The summed E-state index contributed by atoms with van der Waals surface area (Å²) in [6.07, 6.45) is 2.99. The molecule has 86 valence electrons. The Balaban J connectivity index is 2.44. The summed E-state index contributed by atoms with van der Waals surface area (Å²) in [4.78, 5) is 15.5. The number of carbonyl (C=O) groups is 1. The molecule has 4 heteroatoms. The lowest BCUT2D eigenvalue weighted by atomic mass is 10.1. The molecule has 0 amide bonds. The summed E-state index contributed by atoms with van der Waals surface area (Å²) in [6, 6.07) is 1.95. The van der Waals surface area contributed by atoms with Crippen LogP contribution in [0.3, 0.4) is 0 Å². The van der Waals surface area contributed by atoms with Gasteiger partial charge < -0.3 is 10.4 Å². The largest absolute Gasteiger partial charge is 0.478 e. The van der Waals surface area contributed by atoms with E-state index in [9.17, 15) is 4.79 Å². The number of rotatable bonds is 3. The number of aromatic nitrogens is 1. The number of pyridine rings is 1. The average Bonchev–Trinajstić information content (AvgIpc) is 2.62. The van der Waals surface area contributed by atoms with E-state index in [0.717, 1.165) is 30.5 Å². The third-order valence-electron chi connectivity index (χ3n) is 2.71. The summed E-state index contributed by atoms with van der Waals surface area (Å²) in [6.45, 7) is 3.95. The topological polar surface area (TPSA) is 62.2 Å². The monoisotopic (exact) mass is 220 g/mol. The Labute approximate surface area is 94.7 Å². The predicted molar refractivity (Wildman–Crippen MR) is 62.0 cm³/mol. The maximum atomic E-state index is 11.1. The highest BCUT2D eigenvalue weighted by Crippen LogP contribution is 2.25. The van der Waals surface area contributed by atoms with Gasteiger partial charge in [-0.15, -0.1) is 0 Å². The summed E-state index contributed by atoms with van der Waals surface area (Å²) in [5.74, 6) is -0.409. The Morgan fingerprint density at radius 3 is 2.88 bits per heavy atom. The average molecular weight is 220 g/mol. The van der Waals surface area contributed by atoms with Crippen LogP contribution in [-0.2, 0) is 12.8 Å². The molecule has 0 saturated heterocycles. The zero-order chi connectivity index (χ0) is 11.7. The van der Waals surface area contributed by atoms with E-state index in [-0.39, 0.29) is 11.6 Å². The van der Waals surface area contributed by atoms with Gasteiger partial charge in [0.1, 0.15) is 11.4 Å². The van der Waals surface area contributed by atoms with Crippen molar-refractivity contribution in [2.24, 2.45) is 0 Å². The molecule has 0 atom stereocenters. The van der Waals surface area contributed by atoms with Crippen molar-refractivity contribution in [2.75, 3.05) is 5.32 Å². The van der Waals surface area contributed by atoms with Crippen molar-refractivity contribution in [2.45, 2.75) is 39.2 Å². The van der Waals surface area contributed by atoms with Crippen LogP contribution in [0.2, 0.25) is 0 Å². The number of fused-ring (bicyclic) bond motifs is 1. The zero-order valence-electron chi connectivity index (χ0n) is 9.58. The van der Waals surface area contributed by atoms with Gasteiger partial charge >= 0.3 is 5.97 Å². The van der Waals surface area contributed by atoms with E-state index in [1.807, 2.05) is 13.8 Å². The standard InChI is InChI=1S/C12H16N2O2/c1-7(2)13-11-9(12(15)16)6-8-4-3-5-10(8)14-11/h6-7H,3-5H2,1-2H3,(H,13,14)(H,15,16). The van der Waals surface area contributed by atoms with Gasteiger partial charge in [-0.2, -0.15) is 0 Å². The highest BCUT2D eigenvalue weighted by atomic mass is 16.4. The van der Waals surface area contributed by atoms with Crippen molar-refractivity contribution in [3.8, 4) is 0 Å². The third-order valence-corrected chi connectivity index (χ3v) is 2.71. The Kier molecular flexibility index (Phi) is 2.81. The van der Waals surface area contributed by atoms with E-state index < -0.39 is 5.97 Å². The van der Waals surface area contributed by atoms with E-state index >= 15 is 0 Å². The molecule has 0 fully saturated rings. The molecule has 16 heavy (non-hydrogen) atoms. The normalized spacial score (nSPS) is 13.9. The van der Waals surface area contributed by atoms with E-state index in [4.69, 9.17) is 5.11 Å². The highest BCUT2D eigenvalue weighted by Gasteiger charge is 2.19. The van der Waals surface area contributed by atoms with Gasteiger partial charge in [-0.05, 0) is 44.7 Å². The quantitative estimate of drug-likeness (QED) is 0.818. The fourth-order valence-corrected chi connectivity index (χ4v) is 2.02. The lowest BCUT2D eigenvalue weighted by molar-refractivity contribution is 0.0697. The minimum Gasteiger partial charge on any atom is -0.478 e. The van der Waals surface area contributed by atoms with Crippen LogP contribution in [0.25, 0.3) is 0 Å². The molecule has 1 aromatic rings. The van der Waals surface area contributed by atoms with E-state index in [1.165, 1.54) is 0 Å². The van der Waals surface area contributed by atoms with Crippen molar-refractivity contribution in [1.82, 2.24) is 4.98 Å². The predicted octanol–water partition coefficient (Wildman–Crippen LogP) is 2.09. The van der Waals surface area contributed by atoms with Gasteiger partial charge in [0.2, 0.25) is 0 Å². The third kappa shape index (κ3) is 2.01. The second kappa shape index (κ2) is 4.12. The first-order chi connectivity index (χ1) is 7.58. The van der Waals surface area contributed by atoms with Crippen molar-refractivity contribution >= 4 is 11.8 Å². The Bertz CT molecular complexity index is 427. The number of aryl methyl sites for hydroxylation is 2. The van der Waals surface area contributed by atoms with Crippen molar-refractivity contribution < 1.29 is 9.90 Å². The number of hydrogen-bond acceptors (Lipinski definition) is 3. The molecule has 2 rings (SSSR count). The molecule has 4 nitrogen and oxygen atoms in total. The number of nitrogens with one attached hydrogen (secondary N) is 1. The number of hydrogen-bond donors (Lipinski definition) is 2. The van der Waals surface area contributed by atoms with E-state index in [0.29, 0.717) is 5.82 Å². The molecular weight excluding hydrogens is 204 g/mol. The van der Waals surface area contributed by atoms with Crippen LogP contribution in [-0.4, -0.2) is 22.1 Å². The molecule has 0 aromatic carbocycles. The van der Waals surface area contributed by atoms with Crippen LogP contribution in [0, 0.1) is 0 Å². The molecule has 0 bridgehead atoms. The highest BCUT2D eigenvalue weighted by molar-refractivity contribution is 5.93. The summed E-state index contributed by atoms with van der Waals surface area (Å²) in [7, 11) is 0. The molecule has 2 N–H and O–H groups in total. The van der Waals surface area contributed by atoms with Gasteiger partial charge in [-0.25, -0.2) is 9.78 Å². The summed E-state index contributed by atoms with van der Waals surface area (Å²) >= 11 is 0. The fourth-order valence-electron chi connectivity index (χ4n) is 2.02. The minimum atomic E-state index is -0.912. The molecular formula is C12H16N2O2. The lowest BCUT2D eigenvalue weighted by Gasteiger charge is -2.13. The van der Waals surface area contributed by atoms with Gasteiger partial charge in [-0.1, -0.05) is 0 Å². The van der Waals surface area contributed by atoms with E-state index in [2.05, 4.69) is 10.3 Å². The number of carboxylic acid groups (broad SMARTS) is 1. The molecule has 0 spiro atoms. The van der Waals surface area contributed by atoms with Gasteiger partial charge in [-0.3, -0.25) is 0 Å². The molecule has 1 aromatic heterocycles. The first-order valence-electron chi connectivity index (χ1n) is 5.60. The van der Waals surface area contributed by atoms with E-state index in [1.54, 1.807) is 6.07 Å². The van der Waals surface area contributed by atoms with Crippen LogP contribution < -0.4 is 5.32 Å². The number of carboxylic acids is 1. The summed E-state index contributed by atoms with van der Waals surface area (Å²) in [5.41, 5.74) is 2.43. The van der Waals surface area contributed by atoms with Crippen LogP contribution in [0.15, 0.2) is 6.07 Å². The van der Waals surface area contributed by atoms with Crippen molar-refractivity contribution in [1.29, 1.82) is 0 Å². The number of aromatic carboxylic acids is 1. The first-order valence-corrected chi connectivity index (χ1v) is 5.60. The summed E-state index contributed by atoms with van der Waals surface area (Å²) < 4.78 is 0. The Morgan fingerprint density at radius 1 is 1.50 bits per heavy atom. The van der Waals surface area contributed by atoms with Gasteiger partial charge in [0.15, 0.2) is 0 Å². The van der Waals surface area contributed by atoms with Crippen molar-refractivity contribution in [3.63, 3.8) is 0 Å². The van der Waals surface area contributed by atoms with Gasteiger partial charge in [0.25, 0.3) is 0 Å². The van der Waals surface area contributed by atoms with Crippen LogP contribution in [0.5, 0.6) is 0 Å². The second-order valence-electron chi connectivity index (χ2n) is 4.45. The Hall–Kier alpha value is -1.58. The zero-order valence-corrected chi connectivity index (χ0v) is 9.58. The lowest BCUT2D eigenvalue weighted by Crippen LogP contribution is -2.16. The van der Waals surface area contributed by atoms with Crippen molar-refractivity contribution in [3.05, 3.63) is 22.9 Å².